The fourth-order valence-electron chi connectivity index (χ4n) is 3.49. The highest BCUT2D eigenvalue weighted by Crippen LogP contribution is 2.23. The summed E-state index contributed by atoms with van der Waals surface area (Å²) in [5, 5.41) is 14.4. The Hall–Kier alpha value is -2.67. The Morgan fingerprint density at radius 3 is 2.58 bits per heavy atom. The summed E-state index contributed by atoms with van der Waals surface area (Å²) in [6.07, 6.45) is -0.0655. The molecule has 3 rings (SSSR count). The van der Waals surface area contributed by atoms with Gasteiger partial charge in [0.1, 0.15) is 17.5 Å². The van der Waals surface area contributed by atoms with Gasteiger partial charge < -0.3 is 20.5 Å². The molecule has 1 heterocycles. The van der Waals surface area contributed by atoms with Gasteiger partial charge in [-0.25, -0.2) is 31.1 Å². The van der Waals surface area contributed by atoms with Crippen molar-refractivity contribution in [2.45, 2.75) is 42.4 Å². The maximum atomic E-state index is 13.6. The monoisotopic (exact) mass is 487 g/mol. The average molecular weight is 488 g/mol. The number of urea groups is 1. The molecule has 3 atom stereocenters. The number of hydrogen-bond donors (Lipinski definition) is 4. The van der Waals surface area contributed by atoms with E-state index in [2.05, 4.69) is 15.4 Å². The molecule has 1 aliphatic rings. The zero-order valence-corrected chi connectivity index (χ0v) is 18.2. The van der Waals surface area contributed by atoms with Gasteiger partial charge in [-0.3, -0.25) is 0 Å². The summed E-state index contributed by atoms with van der Waals surface area (Å²) in [5.41, 5.74) is -0.296. The minimum Gasteiger partial charge on any atom is -0.394 e. The minimum atomic E-state index is -4.01. The highest BCUT2D eigenvalue weighted by Gasteiger charge is 2.34. The number of ether oxygens (including phenoxy) is 1. The second-order valence-electron chi connectivity index (χ2n) is 7.54. The van der Waals surface area contributed by atoms with Crippen LogP contribution in [0.3, 0.4) is 0 Å². The van der Waals surface area contributed by atoms with Crippen molar-refractivity contribution in [3.8, 4) is 0 Å². The van der Waals surface area contributed by atoms with Crippen LogP contribution in [0, 0.1) is 17.5 Å². The smallest absolute Gasteiger partial charge is 0.319 e. The summed E-state index contributed by atoms with van der Waals surface area (Å²) >= 11 is 0. The molecular formula is C21H24F3N3O5S. The zero-order valence-electron chi connectivity index (χ0n) is 17.4. The Balaban J connectivity index is 1.48. The van der Waals surface area contributed by atoms with Crippen LogP contribution in [0.4, 0.5) is 23.7 Å². The fraction of sp³-hybridized carbons (Fsp3) is 0.381. The number of halogens is 3. The summed E-state index contributed by atoms with van der Waals surface area (Å²) in [7, 11) is -4.01. The number of carbonyl (C=O) groups is 1. The first-order valence-electron chi connectivity index (χ1n) is 10.2. The van der Waals surface area contributed by atoms with Crippen molar-refractivity contribution in [1.29, 1.82) is 0 Å². The van der Waals surface area contributed by atoms with E-state index < -0.39 is 52.3 Å². The zero-order chi connectivity index (χ0) is 24.0. The number of hydrogen-bond acceptors (Lipinski definition) is 5. The predicted octanol–water partition coefficient (Wildman–Crippen LogP) is 2.50. The molecule has 33 heavy (non-hydrogen) atoms. The molecule has 1 saturated heterocycles. The van der Waals surface area contributed by atoms with Crippen molar-refractivity contribution in [3.63, 3.8) is 0 Å². The SMILES string of the molecule is O=C(NCC[C@H]1CC[C@H](NS(=O)(=O)c2cccc(F)c2)[C@H](CO)O1)Nc1cc(F)ccc1F. The van der Waals surface area contributed by atoms with E-state index in [9.17, 15) is 31.5 Å². The molecule has 180 valence electrons. The maximum absolute atomic E-state index is 13.6. The highest BCUT2D eigenvalue weighted by molar-refractivity contribution is 7.89. The third kappa shape index (κ3) is 6.90. The van der Waals surface area contributed by atoms with E-state index >= 15 is 0 Å². The van der Waals surface area contributed by atoms with Gasteiger partial charge >= 0.3 is 6.03 Å². The van der Waals surface area contributed by atoms with Gasteiger partial charge in [-0.1, -0.05) is 6.07 Å². The molecule has 2 amide bonds. The lowest BCUT2D eigenvalue weighted by atomic mass is 9.98. The Labute approximate surface area is 189 Å². The van der Waals surface area contributed by atoms with E-state index in [4.69, 9.17) is 4.74 Å². The number of benzene rings is 2. The first-order chi connectivity index (χ1) is 15.7. The van der Waals surface area contributed by atoms with Gasteiger partial charge in [0.15, 0.2) is 0 Å². The standard InChI is InChI=1S/C21H24F3N3O5S/c22-13-2-1-3-16(10-13)33(30,31)27-18-7-5-15(32-20(18)12-28)8-9-25-21(29)26-19-11-14(23)4-6-17(19)24/h1-4,6,10-11,15,18,20,27-28H,5,7-9,12H2,(H2,25,26,29)/t15-,18+,20+/m1/s1. The topological polar surface area (TPSA) is 117 Å². The summed E-state index contributed by atoms with van der Waals surface area (Å²) in [5.74, 6) is -2.16. The van der Waals surface area contributed by atoms with E-state index in [-0.39, 0.29) is 23.2 Å². The quantitative estimate of drug-likeness (QED) is 0.457. The Morgan fingerprint density at radius 2 is 1.85 bits per heavy atom. The van der Waals surface area contributed by atoms with E-state index in [1.54, 1.807) is 0 Å². The Morgan fingerprint density at radius 1 is 1.09 bits per heavy atom. The molecule has 1 fully saturated rings. The normalized spacial score (nSPS) is 20.9. The molecule has 0 unspecified atom stereocenters. The molecule has 0 bridgehead atoms. The molecule has 0 spiro atoms. The van der Waals surface area contributed by atoms with Gasteiger partial charge in [0, 0.05) is 12.6 Å². The molecular weight excluding hydrogens is 463 g/mol. The second-order valence-corrected chi connectivity index (χ2v) is 9.25. The number of aliphatic hydroxyl groups is 1. The van der Waals surface area contributed by atoms with Gasteiger partial charge in [-0.2, -0.15) is 0 Å². The van der Waals surface area contributed by atoms with Crippen LogP contribution in [-0.2, 0) is 14.8 Å². The van der Waals surface area contributed by atoms with Crippen LogP contribution < -0.4 is 15.4 Å². The third-order valence-electron chi connectivity index (χ3n) is 5.14. The number of carbonyl (C=O) groups excluding carboxylic acids is 1. The molecule has 4 N–H and O–H groups in total. The van der Waals surface area contributed by atoms with Crippen molar-refractivity contribution < 1.29 is 36.2 Å². The van der Waals surface area contributed by atoms with Crippen molar-refractivity contribution in [3.05, 3.63) is 59.9 Å². The summed E-state index contributed by atoms with van der Waals surface area (Å²) in [6.45, 7) is -0.301. The number of rotatable bonds is 8. The molecule has 0 aromatic heterocycles. The number of nitrogens with one attached hydrogen (secondary N) is 3. The van der Waals surface area contributed by atoms with Crippen LogP contribution >= 0.6 is 0 Å². The lowest BCUT2D eigenvalue weighted by Gasteiger charge is -2.36. The Bertz CT molecular complexity index is 1090. The van der Waals surface area contributed by atoms with Crippen LogP contribution in [0.15, 0.2) is 47.4 Å². The van der Waals surface area contributed by atoms with Gasteiger partial charge in [0.2, 0.25) is 10.0 Å². The molecule has 8 nitrogen and oxygen atoms in total. The Kier molecular flexibility index (Phi) is 8.30. The van der Waals surface area contributed by atoms with Gasteiger partial charge in [0.05, 0.1) is 35.4 Å². The lowest BCUT2D eigenvalue weighted by molar-refractivity contribution is -0.0871. The summed E-state index contributed by atoms with van der Waals surface area (Å²) in [6, 6.07) is 5.82. The molecule has 0 aliphatic carbocycles. The largest absolute Gasteiger partial charge is 0.394 e. The van der Waals surface area contributed by atoms with Crippen molar-refractivity contribution in [1.82, 2.24) is 10.0 Å². The van der Waals surface area contributed by atoms with Crippen molar-refractivity contribution >= 4 is 21.7 Å². The number of anilines is 1. The molecule has 12 heteroatoms. The lowest BCUT2D eigenvalue weighted by Crippen LogP contribution is -2.51. The first-order valence-corrected chi connectivity index (χ1v) is 11.7. The first kappa shape index (κ1) is 25.0. The predicted molar refractivity (Wildman–Crippen MR) is 113 cm³/mol. The third-order valence-corrected chi connectivity index (χ3v) is 6.62. The van der Waals surface area contributed by atoms with Crippen molar-refractivity contribution in [2.24, 2.45) is 0 Å². The minimum absolute atomic E-state index is 0.144. The fourth-order valence-corrected chi connectivity index (χ4v) is 4.82. The molecule has 0 saturated carbocycles. The highest BCUT2D eigenvalue weighted by atomic mass is 32.2. The maximum Gasteiger partial charge on any atom is 0.319 e. The van der Waals surface area contributed by atoms with E-state index in [1.165, 1.54) is 12.1 Å². The van der Waals surface area contributed by atoms with Crippen LogP contribution in [-0.4, -0.2) is 51.0 Å². The number of aliphatic hydroxyl groups excluding tert-OH is 1. The summed E-state index contributed by atoms with van der Waals surface area (Å²) < 4.78 is 73.4. The van der Waals surface area contributed by atoms with Crippen molar-refractivity contribution in [2.75, 3.05) is 18.5 Å². The van der Waals surface area contributed by atoms with E-state index in [1.807, 2.05) is 0 Å². The van der Waals surface area contributed by atoms with Crippen LogP contribution in [0.25, 0.3) is 0 Å². The molecule has 1 aliphatic heterocycles. The molecule has 0 radical (unpaired) electrons. The van der Waals surface area contributed by atoms with Crippen LogP contribution in [0.2, 0.25) is 0 Å². The van der Waals surface area contributed by atoms with E-state index in [0.717, 1.165) is 30.3 Å². The molecule has 2 aromatic carbocycles. The molecule has 2 aromatic rings. The second kappa shape index (κ2) is 11.0. The van der Waals surface area contributed by atoms with Gasteiger partial charge in [-0.05, 0) is 49.6 Å². The average Bonchev–Trinajstić information content (AvgIpc) is 2.77. The van der Waals surface area contributed by atoms with Gasteiger partial charge in [0.25, 0.3) is 0 Å². The van der Waals surface area contributed by atoms with Crippen LogP contribution in [0.1, 0.15) is 19.3 Å². The van der Waals surface area contributed by atoms with Crippen LogP contribution in [0.5, 0.6) is 0 Å². The van der Waals surface area contributed by atoms with E-state index in [0.29, 0.717) is 19.3 Å². The number of sulfonamides is 1. The number of amides is 2. The van der Waals surface area contributed by atoms with Gasteiger partial charge in [-0.15, -0.1) is 0 Å². The summed E-state index contributed by atoms with van der Waals surface area (Å²) in [4.78, 5) is 11.7.